The molecule has 0 aliphatic carbocycles. The lowest BCUT2D eigenvalue weighted by atomic mass is 10.2. The van der Waals surface area contributed by atoms with Crippen LogP contribution in [0.5, 0.6) is 0 Å². The van der Waals surface area contributed by atoms with Crippen LogP contribution >= 0.6 is 0 Å². The molecule has 1 N–H and O–H groups in total. The molecule has 20 heavy (non-hydrogen) atoms. The topological polar surface area (TPSA) is 58.6 Å². The van der Waals surface area contributed by atoms with E-state index in [1.165, 1.54) is 7.11 Å². The molecule has 2 rings (SSSR count). The van der Waals surface area contributed by atoms with Gasteiger partial charge < -0.3 is 15.0 Å². The van der Waals surface area contributed by atoms with Crippen LogP contribution < -0.4 is 5.32 Å². The molecule has 1 aromatic rings. The maximum Gasteiger partial charge on any atom is 0.409 e. The highest BCUT2D eigenvalue weighted by molar-refractivity contribution is 7.84. The van der Waals surface area contributed by atoms with Crippen molar-refractivity contribution in [3.63, 3.8) is 0 Å². The van der Waals surface area contributed by atoms with E-state index in [1.807, 2.05) is 24.3 Å². The second kappa shape index (κ2) is 6.85. The molecule has 0 spiro atoms. The SMILES string of the molecule is COC(=O)N1CC[C@@H](NCc2ccc([S@@](C)=O)cc2)C1. The molecule has 0 bridgehead atoms. The van der Waals surface area contributed by atoms with E-state index in [-0.39, 0.29) is 6.09 Å². The number of rotatable bonds is 4. The molecule has 0 unspecified atom stereocenters. The Morgan fingerprint density at radius 3 is 2.75 bits per heavy atom. The van der Waals surface area contributed by atoms with Crippen molar-refractivity contribution in [1.82, 2.24) is 10.2 Å². The number of likely N-dealkylation sites (tertiary alicyclic amines) is 1. The van der Waals surface area contributed by atoms with Gasteiger partial charge in [0.2, 0.25) is 0 Å². The van der Waals surface area contributed by atoms with Crippen LogP contribution in [0.15, 0.2) is 29.2 Å². The van der Waals surface area contributed by atoms with Crippen LogP contribution in [0.3, 0.4) is 0 Å². The summed E-state index contributed by atoms with van der Waals surface area (Å²) >= 11 is 0. The summed E-state index contributed by atoms with van der Waals surface area (Å²) in [6.07, 6.45) is 2.35. The minimum atomic E-state index is -0.933. The molecule has 5 nitrogen and oxygen atoms in total. The lowest BCUT2D eigenvalue weighted by Gasteiger charge is -2.15. The monoisotopic (exact) mass is 296 g/mol. The molecule has 0 saturated carbocycles. The summed E-state index contributed by atoms with van der Waals surface area (Å²) in [7, 11) is 0.472. The van der Waals surface area contributed by atoms with E-state index in [0.29, 0.717) is 12.6 Å². The number of hydrogen-bond acceptors (Lipinski definition) is 4. The number of benzene rings is 1. The fraction of sp³-hybridized carbons (Fsp3) is 0.500. The highest BCUT2D eigenvalue weighted by Gasteiger charge is 2.26. The van der Waals surface area contributed by atoms with Crippen molar-refractivity contribution < 1.29 is 13.7 Å². The fourth-order valence-corrected chi connectivity index (χ4v) is 2.80. The summed E-state index contributed by atoms with van der Waals surface area (Å²) < 4.78 is 16.0. The highest BCUT2D eigenvalue weighted by atomic mass is 32.2. The van der Waals surface area contributed by atoms with E-state index in [4.69, 9.17) is 4.74 Å². The quantitative estimate of drug-likeness (QED) is 0.911. The number of ether oxygens (including phenoxy) is 1. The van der Waals surface area contributed by atoms with Gasteiger partial charge in [0, 0.05) is 47.6 Å². The first-order valence-electron chi connectivity index (χ1n) is 6.59. The van der Waals surface area contributed by atoms with Gasteiger partial charge in [0.05, 0.1) is 7.11 Å². The zero-order valence-electron chi connectivity index (χ0n) is 11.8. The van der Waals surface area contributed by atoms with Crippen LogP contribution in [-0.4, -0.2) is 47.7 Å². The van der Waals surface area contributed by atoms with Crippen molar-refractivity contribution in [2.24, 2.45) is 0 Å². The normalized spacial score (nSPS) is 19.9. The lowest BCUT2D eigenvalue weighted by molar-refractivity contribution is 0.132. The zero-order chi connectivity index (χ0) is 14.5. The summed E-state index contributed by atoms with van der Waals surface area (Å²) in [4.78, 5) is 13.9. The molecule has 1 saturated heterocycles. The van der Waals surface area contributed by atoms with Crippen molar-refractivity contribution in [2.45, 2.75) is 23.9 Å². The molecule has 0 aromatic heterocycles. The fourth-order valence-electron chi connectivity index (χ4n) is 2.28. The third-order valence-electron chi connectivity index (χ3n) is 3.47. The van der Waals surface area contributed by atoms with Crippen molar-refractivity contribution in [3.05, 3.63) is 29.8 Å². The Morgan fingerprint density at radius 2 is 2.15 bits per heavy atom. The third-order valence-corrected chi connectivity index (χ3v) is 4.41. The van der Waals surface area contributed by atoms with Crippen LogP contribution in [0.25, 0.3) is 0 Å². The maximum atomic E-state index is 11.4. The van der Waals surface area contributed by atoms with Crippen molar-refractivity contribution in [2.75, 3.05) is 26.5 Å². The van der Waals surface area contributed by atoms with Crippen molar-refractivity contribution >= 4 is 16.9 Å². The van der Waals surface area contributed by atoms with Crippen LogP contribution in [-0.2, 0) is 22.1 Å². The summed E-state index contributed by atoms with van der Waals surface area (Å²) in [5.41, 5.74) is 1.15. The molecule has 1 fully saturated rings. The zero-order valence-corrected chi connectivity index (χ0v) is 12.6. The van der Waals surface area contributed by atoms with Crippen molar-refractivity contribution in [1.29, 1.82) is 0 Å². The average molecular weight is 296 g/mol. The summed E-state index contributed by atoms with van der Waals surface area (Å²) in [5.74, 6) is 0. The van der Waals surface area contributed by atoms with E-state index < -0.39 is 10.8 Å². The number of methoxy groups -OCH3 is 1. The Labute approximate surface area is 121 Å². The van der Waals surface area contributed by atoms with Gasteiger partial charge in [-0.3, -0.25) is 4.21 Å². The molecule has 1 aliphatic rings. The lowest BCUT2D eigenvalue weighted by Crippen LogP contribution is -2.34. The highest BCUT2D eigenvalue weighted by Crippen LogP contribution is 2.12. The molecule has 6 heteroatoms. The Morgan fingerprint density at radius 1 is 1.45 bits per heavy atom. The van der Waals surface area contributed by atoms with Crippen LogP contribution in [0.2, 0.25) is 0 Å². The number of amides is 1. The number of nitrogens with zero attached hydrogens (tertiary/aromatic N) is 1. The van der Waals surface area contributed by atoms with Crippen molar-refractivity contribution in [3.8, 4) is 0 Å². The molecule has 2 atom stereocenters. The van der Waals surface area contributed by atoms with E-state index in [9.17, 15) is 9.00 Å². The van der Waals surface area contributed by atoms with Crippen LogP contribution in [0.4, 0.5) is 4.79 Å². The van der Waals surface area contributed by atoms with Gasteiger partial charge in [-0.2, -0.15) is 0 Å². The summed E-state index contributed by atoms with van der Waals surface area (Å²) in [6.45, 7) is 2.16. The number of nitrogens with one attached hydrogen (secondary N) is 1. The van der Waals surface area contributed by atoms with Gasteiger partial charge in [-0.1, -0.05) is 12.1 Å². The maximum absolute atomic E-state index is 11.4. The van der Waals surface area contributed by atoms with Gasteiger partial charge in [0.15, 0.2) is 0 Å². The molecular formula is C14H20N2O3S. The second-order valence-corrected chi connectivity index (χ2v) is 6.26. The summed E-state index contributed by atoms with van der Waals surface area (Å²) in [5, 5.41) is 3.43. The Balaban J connectivity index is 1.81. The minimum Gasteiger partial charge on any atom is -0.453 e. The Bertz CT molecular complexity index is 490. The standard InChI is InChI=1S/C14H20N2O3S/c1-19-14(17)16-8-7-12(10-16)15-9-11-3-5-13(6-4-11)20(2)18/h3-6,12,15H,7-10H2,1-2H3/t12-,20-/m1/s1. The van der Waals surface area contributed by atoms with E-state index in [0.717, 1.165) is 30.0 Å². The minimum absolute atomic E-state index is 0.260. The molecule has 110 valence electrons. The van der Waals surface area contributed by atoms with E-state index in [1.54, 1.807) is 11.2 Å². The number of hydrogen-bond donors (Lipinski definition) is 1. The van der Waals surface area contributed by atoms with Crippen LogP contribution in [0.1, 0.15) is 12.0 Å². The first-order valence-corrected chi connectivity index (χ1v) is 8.14. The molecule has 1 amide bonds. The Kier molecular flexibility index (Phi) is 5.14. The predicted octanol–water partition coefficient (Wildman–Crippen LogP) is 1.35. The van der Waals surface area contributed by atoms with Gasteiger partial charge in [-0.05, 0) is 24.1 Å². The Hall–Kier alpha value is -1.40. The first-order chi connectivity index (χ1) is 9.60. The number of carbonyl (C=O) groups excluding carboxylic acids is 1. The van der Waals surface area contributed by atoms with Gasteiger partial charge in [0.1, 0.15) is 0 Å². The largest absolute Gasteiger partial charge is 0.453 e. The molecule has 1 aromatic carbocycles. The van der Waals surface area contributed by atoms with Gasteiger partial charge in [0.25, 0.3) is 0 Å². The predicted molar refractivity (Wildman–Crippen MR) is 78.0 cm³/mol. The molecule has 1 aliphatic heterocycles. The van der Waals surface area contributed by atoms with Crippen LogP contribution in [0, 0.1) is 0 Å². The molecule has 1 heterocycles. The van der Waals surface area contributed by atoms with E-state index in [2.05, 4.69) is 5.32 Å². The smallest absolute Gasteiger partial charge is 0.409 e. The average Bonchev–Trinajstić information content (AvgIpc) is 2.93. The van der Waals surface area contributed by atoms with Gasteiger partial charge >= 0.3 is 6.09 Å². The second-order valence-electron chi connectivity index (χ2n) is 4.88. The van der Waals surface area contributed by atoms with Gasteiger partial charge in [-0.25, -0.2) is 4.79 Å². The number of carbonyl (C=O) groups is 1. The molecular weight excluding hydrogens is 276 g/mol. The summed E-state index contributed by atoms with van der Waals surface area (Å²) in [6, 6.07) is 8.05. The van der Waals surface area contributed by atoms with Gasteiger partial charge in [-0.15, -0.1) is 0 Å². The third kappa shape index (κ3) is 3.80. The molecule has 0 radical (unpaired) electrons. The first kappa shape index (κ1) is 15.0. The van der Waals surface area contributed by atoms with E-state index >= 15 is 0 Å².